The minimum absolute atomic E-state index is 0.0686. The van der Waals surface area contributed by atoms with Crippen LogP contribution in [0.25, 0.3) is 10.8 Å². The number of hydrogen-bond acceptors (Lipinski definition) is 7. The Morgan fingerprint density at radius 3 is 2.48 bits per heavy atom. The molecule has 0 spiro atoms. The second kappa shape index (κ2) is 15.8. The zero-order valence-corrected chi connectivity index (χ0v) is 25.0. The molecule has 3 N–H and O–H groups in total. The molecule has 220 valence electrons. The molecule has 10 heteroatoms. The molecule has 2 amide bonds. The van der Waals surface area contributed by atoms with Crippen LogP contribution in [0.3, 0.4) is 0 Å². The van der Waals surface area contributed by atoms with Crippen LogP contribution in [-0.2, 0) is 25.5 Å². The van der Waals surface area contributed by atoms with Crippen molar-refractivity contribution in [2.24, 2.45) is 11.3 Å². The Bertz CT molecular complexity index is 1160. The van der Waals surface area contributed by atoms with E-state index in [0.29, 0.717) is 12.4 Å². The number of pyridine rings is 1. The zero-order valence-electron chi connectivity index (χ0n) is 25.0. The standard InChI is InChI=1S/C28H41N5O3.C2H4O2/c1-7-21-10-11-22-16-29-24(15-23(22)14-21)36-18-28(5,6)27(35)32-25(19(2)3)26(34)31-20(4)17-33-13-9-8-12-30-33;1-4-2-3/h10-11,14-17,19-20,25,30H,7-9,12-13,18H2,1-6H3,(H-,31,32,34,35);2H,1H3/p+1/b33-17+;. The van der Waals surface area contributed by atoms with Gasteiger partial charge in [0.15, 0.2) is 12.8 Å². The van der Waals surface area contributed by atoms with E-state index in [1.165, 1.54) is 12.7 Å². The molecule has 1 aromatic heterocycles. The molecule has 0 bridgehead atoms. The molecule has 1 saturated heterocycles. The van der Waals surface area contributed by atoms with Crippen molar-refractivity contribution in [3.63, 3.8) is 0 Å². The van der Waals surface area contributed by atoms with E-state index in [9.17, 15) is 9.59 Å². The van der Waals surface area contributed by atoms with Gasteiger partial charge < -0.3 is 20.1 Å². The molecule has 0 radical (unpaired) electrons. The van der Waals surface area contributed by atoms with Gasteiger partial charge in [0.2, 0.25) is 17.7 Å². The monoisotopic (exact) mass is 556 g/mol. The minimum atomic E-state index is -0.856. The van der Waals surface area contributed by atoms with Crippen LogP contribution in [0.5, 0.6) is 5.88 Å². The number of methoxy groups -OCH3 is 1. The number of rotatable bonds is 11. The molecule has 2 heterocycles. The lowest BCUT2D eigenvalue weighted by molar-refractivity contribution is -0.593. The Labute approximate surface area is 237 Å². The van der Waals surface area contributed by atoms with E-state index in [4.69, 9.17) is 9.53 Å². The van der Waals surface area contributed by atoms with Crippen LogP contribution < -0.4 is 20.8 Å². The third-order valence-corrected chi connectivity index (χ3v) is 6.61. The number of fused-ring (bicyclic) bond motifs is 1. The maximum atomic E-state index is 13.2. The molecule has 1 aliphatic heterocycles. The number of amides is 2. The van der Waals surface area contributed by atoms with Gasteiger partial charge in [-0.2, -0.15) is 5.43 Å². The predicted octanol–water partition coefficient (Wildman–Crippen LogP) is 3.02. The number of hydrazine groups is 1. The summed E-state index contributed by atoms with van der Waals surface area (Å²) in [5.74, 6) is -0.0233. The van der Waals surface area contributed by atoms with Gasteiger partial charge in [0, 0.05) is 24.1 Å². The maximum Gasteiger partial charge on any atom is 0.292 e. The Balaban J connectivity index is 0.00000131. The summed E-state index contributed by atoms with van der Waals surface area (Å²) in [4.78, 5) is 39.6. The molecular formula is C30H46N5O5+. The second-order valence-corrected chi connectivity index (χ2v) is 11.0. The van der Waals surface area contributed by atoms with Crippen molar-refractivity contribution in [3.8, 4) is 5.88 Å². The molecule has 2 atom stereocenters. The molecule has 3 rings (SSSR count). The predicted molar refractivity (Wildman–Crippen MR) is 156 cm³/mol. The largest absolute Gasteiger partial charge is 0.477 e. The zero-order chi connectivity index (χ0) is 29.7. The summed E-state index contributed by atoms with van der Waals surface area (Å²) in [7, 11) is 1.31. The second-order valence-electron chi connectivity index (χ2n) is 11.0. The Kier molecular flexibility index (Phi) is 12.8. The fourth-order valence-electron chi connectivity index (χ4n) is 4.12. The molecule has 40 heavy (non-hydrogen) atoms. The summed E-state index contributed by atoms with van der Waals surface area (Å²) in [6.45, 7) is 13.9. The van der Waals surface area contributed by atoms with Gasteiger partial charge in [-0.3, -0.25) is 14.4 Å². The number of nitrogens with one attached hydrogen (secondary N) is 3. The fraction of sp³-hybridized carbons (Fsp3) is 0.567. The van der Waals surface area contributed by atoms with Crippen molar-refractivity contribution in [2.75, 3.05) is 26.8 Å². The van der Waals surface area contributed by atoms with Crippen LogP contribution in [0.15, 0.2) is 30.5 Å². The number of hydrazone groups is 1. The van der Waals surface area contributed by atoms with E-state index in [2.05, 4.69) is 50.9 Å². The van der Waals surface area contributed by atoms with Gasteiger partial charge >= 0.3 is 0 Å². The van der Waals surface area contributed by atoms with E-state index >= 15 is 0 Å². The maximum absolute atomic E-state index is 13.2. The highest BCUT2D eigenvalue weighted by molar-refractivity contribution is 5.91. The molecule has 1 aromatic carbocycles. The normalized spacial score (nSPS) is 15.8. The smallest absolute Gasteiger partial charge is 0.292 e. The molecule has 0 saturated carbocycles. The molecule has 10 nitrogen and oxygen atoms in total. The van der Waals surface area contributed by atoms with Gasteiger partial charge in [-0.25, -0.2) is 4.98 Å². The average Bonchev–Trinajstić information content (AvgIpc) is 2.94. The van der Waals surface area contributed by atoms with Crippen LogP contribution in [-0.4, -0.2) is 73.1 Å². The molecule has 1 fully saturated rings. The van der Waals surface area contributed by atoms with Gasteiger partial charge in [-0.15, -0.1) is 4.68 Å². The van der Waals surface area contributed by atoms with Crippen LogP contribution in [0, 0.1) is 11.3 Å². The fourth-order valence-corrected chi connectivity index (χ4v) is 4.12. The van der Waals surface area contributed by atoms with E-state index in [0.717, 1.165) is 43.1 Å². The number of carbonyl (C=O) groups is 3. The number of hydrogen-bond donors (Lipinski definition) is 3. The lowest BCUT2D eigenvalue weighted by Crippen LogP contribution is -2.55. The van der Waals surface area contributed by atoms with Gasteiger partial charge in [-0.1, -0.05) is 39.0 Å². The third-order valence-electron chi connectivity index (χ3n) is 6.61. The Morgan fingerprint density at radius 1 is 1.15 bits per heavy atom. The third kappa shape index (κ3) is 10.1. The highest BCUT2D eigenvalue weighted by Crippen LogP contribution is 2.23. The van der Waals surface area contributed by atoms with Crippen molar-refractivity contribution in [3.05, 3.63) is 36.0 Å². The summed E-state index contributed by atoms with van der Waals surface area (Å²) in [6, 6.07) is 7.39. The topological polar surface area (TPSA) is 122 Å². The number of benzene rings is 1. The average molecular weight is 557 g/mol. The number of ether oxygens (including phenoxy) is 2. The van der Waals surface area contributed by atoms with Crippen LogP contribution in [0.2, 0.25) is 0 Å². The highest BCUT2D eigenvalue weighted by atomic mass is 16.5. The van der Waals surface area contributed by atoms with E-state index < -0.39 is 11.5 Å². The van der Waals surface area contributed by atoms with E-state index in [1.807, 2.05) is 51.6 Å². The van der Waals surface area contributed by atoms with Crippen LogP contribution >= 0.6 is 0 Å². The quantitative estimate of drug-likeness (QED) is 0.287. The summed E-state index contributed by atoms with van der Waals surface area (Å²) in [6.07, 6.45) is 7.00. The Hall–Kier alpha value is -3.69. The number of carbonyl (C=O) groups excluding carboxylic acids is 3. The van der Waals surface area contributed by atoms with Crippen molar-refractivity contribution >= 4 is 35.3 Å². The number of aromatic nitrogens is 1. The molecular weight excluding hydrogens is 510 g/mol. The first-order valence-electron chi connectivity index (χ1n) is 13.9. The lowest BCUT2D eigenvalue weighted by atomic mass is 9.92. The van der Waals surface area contributed by atoms with Gasteiger partial charge in [0.25, 0.3) is 6.47 Å². The first-order chi connectivity index (χ1) is 19.0. The van der Waals surface area contributed by atoms with Crippen LogP contribution in [0.1, 0.15) is 59.9 Å². The van der Waals surface area contributed by atoms with Crippen LogP contribution in [0.4, 0.5) is 0 Å². The number of aryl methyl sites for hydroxylation is 1. The Morgan fingerprint density at radius 2 is 1.88 bits per heavy atom. The highest BCUT2D eigenvalue weighted by Gasteiger charge is 2.34. The first-order valence-corrected chi connectivity index (χ1v) is 13.9. The molecule has 2 aromatic rings. The molecule has 1 aliphatic rings. The summed E-state index contributed by atoms with van der Waals surface area (Å²) < 4.78 is 11.8. The summed E-state index contributed by atoms with van der Waals surface area (Å²) in [5, 5.41) is 8.07. The van der Waals surface area contributed by atoms with Crippen molar-refractivity contribution in [1.82, 2.24) is 21.0 Å². The number of nitrogens with zero attached hydrogens (tertiary/aromatic N) is 2. The van der Waals surface area contributed by atoms with E-state index in [-0.39, 0.29) is 30.4 Å². The summed E-state index contributed by atoms with van der Waals surface area (Å²) in [5.41, 5.74) is 3.70. The van der Waals surface area contributed by atoms with Gasteiger partial charge in [0.1, 0.15) is 18.7 Å². The first kappa shape index (κ1) is 32.5. The van der Waals surface area contributed by atoms with Crippen molar-refractivity contribution < 1.29 is 28.5 Å². The molecule has 0 aliphatic carbocycles. The lowest BCUT2D eigenvalue weighted by Gasteiger charge is -2.29. The van der Waals surface area contributed by atoms with E-state index in [1.54, 1.807) is 6.20 Å². The van der Waals surface area contributed by atoms with Crippen molar-refractivity contribution in [2.45, 2.75) is 72.9 Å². The molecule has 2 unspecified atom stereocenters. The van der Waals surface area contributed by atoms with Gasteiger partial charge in [0.05, 0.1) is 19.1 Å². The minimum Gasteiger partial charge on any atom is -0.477 e. The van der Waals surface area contributed by atoms with Crippen molar-refractivity contribution in [1.29, 1.82) is 0 Å². The summed E-state index contributed by atoms with van der Waals surface area (Å²) >= 11 is 0. The SMILES string of the molecule is CCc1ccc2cnc(OCC(C)(C)C(=O)NC(C(=O)NC(C)/C=[N+]3\CCCCN3)C(C)C)cc2c1.COC=O. The van der Waals surface area contributed by atoms with Gasteiger partial charge in [-0.05, 0) is 50.5 Å².